The quantitative estimate of drug-likeness (QED) is 0.0589. The van der Waals surface area contributed by atoms with Crippen LogP contribution >= 0.6 is 0 Å². The lowest BCUT2D eigenvalue weighted by molar-refractivity contribution is -0.438. The van der Waals surface area contributed by atoms with Gasteiger partial charge in [0.1, 0.15) is 19.4 Å². The first-order chi connectivity index (χ1) is 32.6. The van der Waals surface area contributed by atoms with Crippen molar-refractivity contribution in [2.24, 2.45) is 0 Å². The van der Waals surface area contributed by atoms with Gasteiger partial charge in [-0.05, 0) is 89.9 Å². The Balaban J connectivity index is 0.000000293. The van der Waals surface area contributed by atoms with Crippen LogP contribution in [0.25, 0.3) is 32.3 Å². The Morgan fingerprint density at radius 3 is 1.61 bits per heavy atom. The number of rotatable bonds is 14. The zero-order valence-electron chi connectivity index (χ0n) is 40.9. The number of hydrogen-bond donors (Lipinski definition) is 2. The molecule has 0 saturated heterocycles. The lowest BCUT2D eigenvalue weighted by Gasteiger charge is -2.26. The molecule has 0 saturated carbocycles. The van der Waals surface area contributed by atoms with Gasteiger partial charge in [-0.25, -0.2) is 0 Å². The summed E-state index contributed by atoms with van der Waals surface area (Å²) in [6.07, 6.45) is 14.6. The molecule has 0 unspecified atom stereocenters. The van der Waals surface area contributed by atoms with E-state index in [2.05, 4.69) is 184 Å². The maximum absolute atomic E-state index is 11.6. The van der Waals surface area contributed by atoms with Crippen LogP contribution in [-0.4, -0.2) is 75.4 Å². The Morgan fingerprint density at radius 1 is 0.586 bits per heavy atom. The highest BCUT2D eigenvalue weighted by Crippen LogP contribution is 2.51. The molecule has 0 bridgehead atoms. The number of carbonyl (C=O) groups is 3. The molecule has 0 aliphatic carbocycles. The van der Waals surface area contributed by atoms with Gasteiger partial charge in [0, 0.05) is 53.1 Å². The normalized spacial score (nSPS) is 16.7. The molecule has 3 aliphatic rings. The minimum absolute atomic E-state index is 0. The summed E-state index contributed by atoms with van der Waals surface area (Å²) < 4.78 is 9.42. The van der Waals surface area contributed by atoms with Crippen LogP contribution in [0.4, 0.5) is 17.1 Å². The number of aliphatic carboxylic acids is 2. The van der Waals surface area contributed by atoms with Gasteiger partial charge in [-0.15, -0.1) is 0 Å². The number of hydrogen-bond acceptors (Lipinski definition) is 5. The van der Waals surface area contributed by atoms with E-state index in [1.807, 2.05) is 30.4 Å². The summed E-state index contributed by atoms with van der Waals surface area (Å²) >= 11 is 0. The van der Waals surface area contributed by atoms with Crippen molar-refractivity contribution in [3.63, 3.8) is 0 Å². The average Bonchev–Trinajstić information content (AvgIpc) is 3.77. The molecule has 70 heavy (non-hydrogen) atoms. The summed E-state index contributed by atoms with van der Waals surface area (Å²) in [6.45, 7) is 17.8. The van der Waals surface area contributed by atoms with Crippen molar-refractivity contribution < 1.29 is 72.4 Å². The van der Waals surface area contributed by atoms with E-state index in [0.29, 0.717) is 32.7 Å². The molecule has 3 aliphatic heterocycles. The molecule has 0 aromatic heterocycles. The fraction of sp³-hybridized carbons (Fsp3) is 0.271. The number of carbonyl (C=O) groups excluding carboxylic acids is 1. The molecule has 3 heterocycles. The zero-order chi connectivity index (χ0) is 48.4. The summed E-state index contributed by atoms with van der Waals surface area (Å²) in [5.41, 5.74) is 9.97. The van der Waals surface area contributed by atoms with Crippen LogP contribution in [0.1, 0.15) is 78.0 Å². The van der Waals surface area contributed by atoms with Crippen LogP contribution in [0.5, 0.6) is 0 Å². The van der Waals surface area contributed by atoms with Gasteiger partial charge >= 0.3 is 11.9 Å². The Hall–Kier alpha value is -6.43. The predicted octanol–water partition coefficient (Wildman–Crippen LogP) is 6.09. The third-order valence-corrected chi connectivity index (χ3v) is 14.2. The second kappa shape index (κ2) is 21.7. The van der Waals surface area contributed by atoms with Gasteiger partial charge < -0.3 is 53.8 Å². The molecule has 11 heteroatoms. The topological polar surface area (TPSA) is 110 Å². The van der Waals surface area contributed by atoms with Crippen LogP contribution < -0.4 is 38.9 Å². The number of halogens is 2. The minimum atomic E-state index is -0.809. The summed E-state index contributed by atoms with van der Waals surface area (Å²) in [4.78, 5) is 35.6. The van der Waals surface area contributed by atoms with Gasteiger partial charge in [0.2, 0.25) is 11.4 Å². The number of nitrogens with zero attached hydrogens (tertiary/aromatic N) is 3. The number of fused-ring (bicyclic) bond motifs is 9. The smallest absolute Gasteiger partial charge is 0.309 e. The first kappa shape index (κ1) is 52.9. The molecule has 6 aromatic rings. The molecular formula is C59H61Br2N3O6. The molecule has 9 nitrogen and oxygen atoms in total. The van der Waals surface area contributed by atoms with Crippen LogP contribution in [0, 0.1) is 0 Å². The fourth-order valence-electron chi connectivity index (χ4n) is 10.8. The molecular weight excluding hydrogens is 1010 g/mol. The van der Waals surface area contributed by atoms with Crippen molar-refractivity contribution in [2.45, 2.75) is 77.6 Å². The lowest BCUT2D eigenvalue weighted by Crippen LogP contribution is -3.00. The van der Waals surface area contributed by atoms with Crippen LogP contribution in [-0.2, 0) is 35.4 Å². The largest absolute Gasteiger partial charge is 1.00 e. The molecule has 0 radical (unpaired) electrons. The SMILES string of the molecule is CC1(C)C(=CC=CC=CC=CC2=[N+](CCC(=O)O)c3ccc4ccccc4c3C2(C)C)N(CCOC=O)c2ccc3ccccc3c21.CC1=[N+](CCC(=O)O)c2ccc3ccccc3c2C1(C)C.[Br-].[Br-]. The number of ether oxygens (including phenoxy) is 1. The molecule has 2 N–H and O–H groups in total. The van der Waals surface area contributed by atoms with E-state index < -0.39 is 11.9 Å². The highest BCUT2D eigenvalue weighted by Gasteiger charge is 2.46. The maximum Gasteiger partial charge on any atom is 0.309 e. The second-order valence-electron chi connectivity index (χ2n) is 19.3. The third-order valence-electron chi connectivity index (χ3n) is 14.2. The Labute approximate surface area is 432 Å². The van der Waals surface area contributed by atoms with E-state index >= 15 is 0 Å². The number of carboxylic acids is 2. The monoisotopic (exact) mass is 1070 g/mol. The number of carboxylic acid groups (broad SMARTS) is 2. The minimum Gasteiger partial charge on any atom is -1.00 e. The van der Waals surface area contributed by atoms with E-state index in [0.717, 1.165) is 28.5 Å². The van der Waals surface area contributed by atoms with Crippen molar-refractivity contribution in [3.05, 3.63) is 174 Å². The van der Waals surface area contributed by atoms with Crippen molar-refractivity contribution in [2.75, 3.05) is 31.1 Å². The maximum atomic E-state index is 11.6. The summed E-state index contributed by atoms with van der Waals surface area (Å²) in [7, 11) is 0. The average molecular weight is 1070 g/mol. The molecule has 0 amide bonds. The van der Waals surface area contributed by atoms with E-state index in [4.69, 9.17) is 9.84 Å². The number of anilines is 1. The number of benzene rings is 6. The number of allylic oxidation sites excluding steroid dienone is 8. The van der Waals surface area contributed by atoms with E-state index in [9.17, 15) is 19.5 Å². The Kier molecular flexibility index (Phi) is 16.4. The first-order valence-electron chi connectivity index (χ1n) is 23.4. The lowest BCUT2D eigenvalue weighted by atomic mass is 9.79. The summed E-state index contributed by atoms with van der Waals surface area (Å²) in [5.74, 6) is -1.56. The Bertz CT molecular complexity index is 3190. The van der Waals surface area contributed by atoms with E-state index in [1.54, 1.807) is 0 Å². The molecule has 362 valence electrons. The molecule has 0 spiro atoms. The van der Waals surface area contributed by atoms with Gasteiger partial charge in [-0.1, -0.05) is 123 Å². The highest BCUT2D eigenvalue weighted by atomic mass is 79.9. The highest BCUT2D eigenvalue weighted by molar-refractivity contribution is 6.08. The van der Waals surface area contributed by atoms with Gasteiger partial charge in [0.15, 0.2) is 24.5 Å². The van der Waals surface area contributed by atoms with Crippen molar-refractivity contribution in [3.8, 4) is 0 Å². The standard InChI is InChI=1S/C41H40N2O4.C18H19NO2.2BrH/c1-40(2)35(42(25-24-37(45)46)33-22-20-29-14-10-12-16-31(29)38(33)40)18-8-6-5-7-9-19-36-41(3,4)39-32-17-13-11-15-30(32)21-23-34(39)43(36)26-27-47-28-44;1-12-18(2,3)17-14-7-5-4-6-13(14)8-9-15(17)19(12)11-10-16(20)21;;/h5-23,28H,24-27H2,1-4H3;4-9H,10-11H2,1-3H3;2*1H. The van der Waals surface area contributed by atoms with Crippen molar-refractivity contribution >= 4 is 79.2 Å². The Morgan fingerprint density at radius 2 is 1.06 bits per heavy atom. The van der Waals surface area contributed by atoms with Gasteiger partial charge in [0.05, 0.1) is 17.4 Å². The van der Waals surface area contributed by atoms with E-state index in [-0.39, 0.29) is 63.0 Å². The zero-order valence-corrected chi connectivity index (χ0v) is 44.1. The second-order valence-corrected chi connectivity index (χ2v) is 19.3. The van der Waals surface area contributed by atoms with Gasteiger partial charge in [-0.3, -0.25) is 14.4 Å². The van der Waals surface area contributed by atoms with Gasteiger partial charge in [0.25, 0.3) is 6.47 Å². The third kappa shape index (κ3) is 9.96. The van der Waals surface area contributed by atoms with Crippen LogP contribution in [0.15, 0.2) is 157 Å². The summed E-state index contributed by atoms with van der Waals surface area (Å²) in [5, 5.41) is 25.8. The first-order valence-corrected chi connectivity index (χ1v) is 23.4. The van der Waals surface area contributed by atoms with Crippen molar-refractivity contribution in [1.82, 2.24) is 0 Å². The summed E-state index contributed by atoms with van der Waals surface area (Å²) in [6, 6.07) is 38.0. The van der Waals surface area contributed by atoms with Crippen LogP contribution in [0.3, 0.4) is 0 Å². The van der Waals surface area contributed by atoms with Crippen LogP contribution in [0.2, 0.25) is 0 Å². The van der Waals surface area contributed by atoms with E-state index in [1.165, 1.54) is 54.7 Å². The molecule has 0 atom stereocenters. The fourth-order valence-corrected chi connectivity index (χ4v) is 10.8. The van der Waals surface area contributed by atoms with Crippen molar-refractivity contribution in [1.29, 1.82) is 0 Å². The predicted molar refractivity (Wildman–Crippen MR) is 276 cm³/mol. The molecule has 6 aromatic carbocycles. The van der Waals surface area contributed by atoms with Gasteiger partial charge in [-0.2, -0.15) is 9.15 Å². The molecule has 9 rings (SSSR count). The molecule has 0 fully saturated rings.